The SMILES string of the molecule is C[C@@H]1C[C@@](C)(C(=O)O)CCC1(C)C. The van der Waals surface area contributed by atoms with E-state index in [2.05, 4.69) is 20.8 Å². The van der Waals surface area contributed by atoms with E-state index in [4.69, 9.17) is 5.11 Å². The smallest absolute Gasteiger partial charge is 0.309 e. The van der Waals surface area contributed by atoms with Gasteiger partial charge in [0.05, 0.1) is 5.41 Å². The highest BCUT2D eigenvalue weighted by Gasteiger charge is 2.44. The first-order chi connectivity index (χ1) is 5.78. The number of rotatable bonds is 1. The predicted molar refractivity (Wildman–Crippen MR) is 52.5 cm³/mol. The monoisotopic (exact) mass is 184 g/mol. The summed E-state index contributed by atoms with van der Waals surface area (Å²) in [5.41, 5.74) is -0.163. The first kappa shape index (κ1) is 10.6. The molecule has 2 nitrogen and oxygen atoms in total. The fourth-order valence-corrected chi connectivity index (χ4v) is 2.09. The molecule has 1 rings (SSSR count). The van der Waals surface area contributed by atoms with Gasteiger partial charge in [0, 0.05) is 0 Å². The third-order valence-electron chi connectivity index (χ3n) is 3.93. The standard InChI is InChI=1S/C11H20O2/c1-8-7-11(4,9(12)13)6-5-10(8,2)3/h8H,5-7H2,1-4H3,(H,12,13)/t8-,11+/m1/s1. The van der Waals surface area contributed by atoms with Gasteiger partial charge < -0.3 is 5.11 Å². The van der Waals surface area contributed by atoms with E-state index in [-0.39, 0.29) is 0 Å². The van der Waals surface area contributed by atoms with Crippen LogP contribution in [0.25, 0.3) is 0 Å². The van der Waals surface area contributed by atoms with E-state index in [9.17, 15) is 4.79 Å². The molecule has 0 aromatic rings. The summed E-state index contributed by atoms with van der Waals surface area (Å²) in [6.45, 7) is 8.51. The van der Waals surface area contributed by atoms with Crippen LogP contribution in [-0.2, 0) is 4.79 Å². The summed E-state index contributed by atoms with van der Waals surface area (Å²) < 4.78 is 0. The van der Waals surface area contributed by atoms with Crippen molar-refractivity contribution in [3.05, 3.63) is 0 Å². The molecule has 2 atom stereocenters. The molecule has 76 valence electrons. The summed E-state index contributed by atoms with van der Waals surface area (Å²) >= 11 is 0. The largest absolute Gasteiger partial charge is 0.481 e. The van der Waals surface area contributed by atoms with Crippen LogP contribution in [0.15, 0.2) is 0 Å². The Morgan fingerprint density at radius 3 is 2.23 bits per heavy atom. The maximum absolute atomic E-state index is 11.0. The van der Waals surface area contributed by atoms with E-state index in [0.717, 1.165) is 19.3 Å². The van der Waals surface area contributed by atoms with E-state index >= 15 is 0 Å². The minimum absolute atomic E-state index is 0.314. The van der Waals surface area contributed by atoms with Gasteiger partial charge in [0.1, 0.15) is 0 Å². The van der Waals surface area contributed by atoms with Crippen LogP contribution in [-0.4, -0.2) is 11.1 Å². The predicted octanol–water partition coefficient (Wildman–Crippen LogP) is 2.92. The third kappa shape index (κ3) is 1.87. The quantitative estimate of drug-likeness (QED) is 0.680. The van der Waals surface area contributed by atoms with E-state index in [0.29, 0.717) is 11.3 Å². The van der Waals surface area contributed by atoms with Gasteiger partial charge in [-0.2, -0.15) is 0 Å². The number of aliphatic carboxylic acids is 1. The fourth-order valence-electron chi connectivity index (χ4n) is 2.09. The number of carboxylic acid groups (broad SMARTS) is 1. The second-order valence-corrected chi connectivity index (χ2v) is 5.46. The Bertz CT molecular complexity index is 220. The van der Waals surface area contributed by atoms with Crippen LogP contribution < -0.4 is 0 Å². The lowest BCUT2D eigenvalue weighted by atomic mass is 9.60. The second kappa shape index (κ2) is 3.00. The van der Waals surface area contributed by atoms with Crippen molar-refractivity contribution in [1.29, 1.82) is 0 Å². The summed E-state index contributed by atoms with van der Waals surface area (Å²) in [4.78, 5) is 11.0. The highest BCUT2D eigenvalue weighted by atomic mass is 16.4. The van der Waals surface area contributed by atoms with E-state index in [1.165, 1.54) is 0 Å². The molecule has 1 fully saturated rings. The van der Waals surface area contributed by atoms with Crippen molar-refractivity contribution in [3.8, 4) is 0 Å². The Hall–Kier alpha value is -0.530. The molecule has 0 heterocycles. The van der Waals surface area contributed by atoms with Crippen LogP contribution in [0.3, 0.4) is 0 Å². The maximum Gasteiger partial charge on any atom is 0.309 e. The van der Waals surface area contributed by atoms with Crippen LogP contribution >= 0.6 is 0 Å². The summed E-state index contributed by atoms with van der Waals surface area (Å²) in [5, 5.41) is 9.09. The van der Waals surface area contributed by atoms with Crippen LogP contribution in [0.4, 0.5) is 0 Å². The Balaban J connectivity index is 2.76. The van der Waals surface area contributed by atoms with Gasteiger partial charge in [-0.3, -0.25) is 4.79 Å². The van der Waals surface area contributed by atoms with Gasteiger partial charge in [0.25, 0.3) is 0 Å². The molecule has 0 aromatic carbocycles. The van der Waals surface area contributed by atoms with E-state index in [1.807, 2.05) is 6.92 Å². The van der Waals surface area contributed by atoms with Crippen molar-refractivity contribution in [2.75, 3.05) is 0 Å². The van der Waals surface area contributed by atoms with Crippen LogP contribution in [0.1, 0.15) is 47.0 Å². The summed E-state index contributed by atoms with van der Waals surface area (Å²) in [5.74, 6) is -0.128. The Labute approximate surface area is 80.3 Å². The molecule has 0 unspecified atom stereocenters. The normalized spacial score (nSPS) is 38.6. The summed E-state index contributed by atoms with van der Waals surface area (Å²) in [6.07, 6.45) is 2.66. The Kier molecular flexibility index (Phi) is 2.44. The van der Waals surface area contributed by atoms with Crippen LogP contribution in [0.5, 0.6) is 0 Å². The van der Waals surface area contributed by atoms with Gasteiger partial charge in [-0.05, 0) is 37.5 Å². The molecule has 1 saturated carbocycles. The molecule has 0 radical (unpaired) electrons. The molecular formula is C11H20O2. The molecule has 2 heteroatoms. The lowest BCUT2D eigenvalue weighted by molar-refractivity contribution is -0.152. The molecule has 0 saturated heterocycles. The number of carbonyl (C=O) groups is 1. The molecule has 1 aliphatic rings. The third-order valence-corrected chi connectivity index (χ3v) is 3.93. The van der Waals surface area contributed by atoms with Crippen molar-refractivity contribution >= 4 is 5.97 Å². The molecule has 0 spiro atoms. The second-order valence-electron chi connectivity index (χ2n) is 5.46. The molecule has 1 aliphatic carbocycles. The van der Waals surface area contributed by atoms with Gasteiger partial charge in [-0.1, -0.05) is 20.8 Å². The Morgan fingerprint density at radius 2 is 1.85 bits per heavy atom. The average molecular weight is 184 g/mol. The number of hydrogen-bond donors (Lipinski definition) is 1. The molecule has 0 amide bonds. The van der Waals surface area contributed by atoms with Gasteiger partial charge in [-0.15, -0.1) is 0 Å². The van der Waals surface area contributed by atoms with Gasteiger partial charge in [0.2, 0.25) is 0 Å². The van der Waals surface area contributed by atoms with Crippen molar-refractivity contribution in [2.24, 2.45) is 16.7 Å². The fraction of sp³-hybridized carbons (Fsp3) is 0.909. The average Bonchev–Trinajstić information content (AvgIpc) is 1.98. The molecular weight excluding hydrogens is 164 g/mol. The summed E-state index contributed by atoms with van der Waals surface area (Å²) in [7, 11) is 0. The maximum atomic E-state index is 11.0. The topological polar surface area (TPSA) is 37.3 Å². The molecule has 0 aliphatic heterocycles. The molecule has 13 heavy (non-hydrogen) atoms. The molecule has 0 aromatic heterocycles. The van der Waals surface area contributed by atoms with Gasteiger partial charge in [-0.25, -0.2) is 0 Å². The highest BCUT2D eigenvalue weighted by Crippen LogP contribution is 2.48. The summed E-state index contributed by atoms with van der Waals surface area (Å²) in [6, 6.07) is 0. The van der Waals surface area contributed by atoms with Crippen molar-refractivity contribution in [1.82, 2.24) is 0 Å². The van der Waals surface area contributed by atoms with Crippen molar-refractivity contribution < 1.29 is 9.90 Å². The lowest BCUT2D eigenvalue weighted by Gasteiger charge is -2.43. The van der Waals surface area contributed by atoms with Crippen LogP contribution in [0, 0.1) is 16.7 Å². The minimum Gasteiger partial charge on any atom is -0.481 e. The van der Waals surface area contributed by atoms with Gasteiger partial charge >= 0.3 is 5.97 Å². The molecule has 1 N–H and O–H groups in total. The lowest BCUT2D eigenvalue weighted by Crippen LogP contribution is -2.40. The molecule has 0 bridgehead atoms. The zero-order chi connectivity index (χ0) is 10.3. The highest BCUT2D eigenvalue weighted by molar-refractivity contribution is 5.74. The zero-order valence-electron chi connectivity index (χ0n) is 9.05. The zero-order valence-corrected chi connectivity index (χ0v) is 9.05. The Morgan fingerprint density at radius 1 is 1.31 bits per heavy atom. The van der Waals surface area contributed by atoms with E-state index in [1.54, 1.807) is 0 Å². The van der Waals surface area contributed by atoms with E-state index < -0.39 is 11.4 Å². The van der Waals surface area contributed by atoms with Crippen molar-refractivity contribution in [2.45, 2.75) is 47.0 Å². The van der Waals surface area contributed by atoms with Gasteiger partial charge in [0.15, 0.2) is 0 Å². The first-order valence-electron chi connectivity index (χ1n) is 5.01. The number of carboxylic acids is 1. The van der Waals surface area contributed by atoms with Crippen molar-refractivity contribution in [3.63, 3.8) is 0 Å². The number of hydrogen-bond acceptors (Lipinski definition) is 1. The van der Waals surface area contributed by atoms with Crippen LogP contribution in [0.2, 0.25) is 0 Å². The first-order valence-corrected chi connectivity index (χ1v) is 5.01. The minimum atomic E-state index is -0.630.